The lowest BCUT2D eigenvalue weighted by atomic mass is 9.85. The zero-order valence-electron chi connectivity index (χ0n) is 12.2. The molecule has 1 aliphatic rings. The molecule has 0 radical (unpaired) electrons. The van der Waals surface area contributed by atoms with E-state index in [1.165, 1.54) is 17.7 Å². The van der Waals surface area contributed by atoms with Crippen LogP contribution < -0.4 is 10.6 Å². The number of piperidine rings is 1. The predicted molar refractivity (Wildman–Crippen MR) is 87.5 cm³/mol. The van der Waals surface area contributed by atoms with Crippen molar-refractivity contribution >= 4 is 29.7 Å². The van der Waals surface area contributed by atoms with Crippen LogP contribution in [0, 0.1) is 11.8 Å². The first-order chi connectivity index (χ1) is 9.16. The number of hydrogen-bond donors (Lipinski definition) is 2. The van der Waals surface area contributed by atoms with Crippen molar-refractivity contribution < 1.29 is 4.79 Å². The number of halogens is 1. The van der Waals surface area contributed by atoms with Gasteiger partial charge in [0.2, 0.25) is 5.91 Å². The van der Waals surface area contributed by atoms with Crippen LogP contribution in [0.1, 0.15) is 44.0 Å². The molecule has 0 aliphatic carbocycles. The highest BCUT2D eigenvalue weighted by Gasteiger charge is 2.22. The molecule has 2 heterocycles. The molecular formula is C15H25ClN2OS. The molecule has 1 fully saturated rings. The summed E-state index contributed by atoms with van der Waals surface area (Å²) in [5, 5.41) is 8.58. The van der Waals surface area contributed by atoms with Crippen LogP contribution >= 0.6 is 23.7 Å². The van der Waals surface area contributed by atoms with Gasteiger partial charge in [0, 0.05) is 11.3 Å². The van der Waals surface area contributed by atoms with Gasteiger partial charge in [-0.25, -0.2) is 0 Å². The molecule has 20 heavy (non-hydrogen) atoms. The predicted octanol–water partition coefficient (Wildman–Crippen LogP) is 3.37. The smallest absolute Gasteiger partial charge is 0.220 e. The summed E-state index contributed by atoms with van der Waals surface area (Å²) < 4.78 is 0. The molecule has 0 spiro atoms. The second-order valence-corrected chi connectivity index (χ2v) is 6.57. The van der Waals surface area contributed by atoms with E-state index in [1.54, 1.807) is 11.3 Å². The van der Waals surface area contributed by atoms with Gasteiger partial charge in [-0.3, -0.25) is 4.79 Å². The first kappa shape index (κ1) is 17.5. The Morgan fingerprint density at radius 1 is 1.55 bits per heavy atom. The number of rotatable bonds is 5. The fourth-order valence-electron chi connectivity index (χ4n) is 2.73. The van der Waals surface area contributed by atoms with E-state index in [0.717, 1.165) is 13.1 Å². The normalized spacial score (nSPS) is 21.6. The maximum atomic E-state index is 12.1. The lowest BCUT2D eigenvalue weighted by Crippen LogP contribution is -2.36. The van der Waals surface area contributed by atoms with Crippen molar-refractivity contribution in [2.75, 3.05) is 13.1 Å². The molecule has 1 aromatic rings. The number of nitrogens with one attached hydrogen (secondary N) is 2. The summed E-state index contributed by atoms with van der Waals surface area (Å²) in [4.78, 5) is 13.3. The van der Waals surface area contributed by atoms with E-state index < -0.39 is 0 Å². The molecule has 2 N–H and O–H groups in total. The third kappa shape index (κ3) is 5.08. The van der Waals surface area contributed by atoms with E-state index in [-0.39, 0.29) is 24.4 Å². The van der Waals surface area contributed by atoms with Crippen LogP contribution in [0.25, 0.3) is 0 Å². The van der Waals surface area contributed by atoms with E-state index in [0.29, 0.717) is 18.3 Å². The van der Waals surface area contributed by atoms with Crippen molar-refractivity contribution in [3.05, 3.63) is 22.4 Å². The van der Waals surface area contributed by atoms with Gasteiger partial charge >= 0.3 is 0 Å². The second-order valence-electron chi connectivity index (χ2n) is 5.59. The van der Waals surface area contributed by atoms with E-state index in [4.69, 9.17) is 0 Å². The zero-order chi connectivity index (χ0) is 13.7. The summed E-state index contributed by atoms with van der Waals surface area (Å²) in [7, 11) is 0. The van der Waals surface area contributed by atoms with E-state index >= 15 is 0 Å². The number of hydrogen-bond acceptors (Lipinski definition) is 3. The van der Waals surface area contributed by atoms with Gasteiger partial charge < -0.3 is 10.6 Å². The fourth-order valence-corrected chi connectivity index (χ4v) is 3.47. The Bertz CT molecular complexity index is 391. The largest absolute Gasteiger partial charge is 0.349 e. The Kier molecular flexibility index (Phi) is 7.56. The van der Waals surface area contributed by atoms with Crippen molar-refractivity contribution in [1.29, 1.82) is 0 Å². The Morgan fingerprint density at radius 3 is 2.95 bits per heavy atom. The molecule has 114 valence electrons. The van der Waals surface area contributed by atoms with Gasteiger partial charge in [-0.05, 0) is 56.1 Å². The van der Waals surface area contributed by atoms with Gasteiger partial charge in [0.1, 0.15) is 0 Å². The zero-order valence-corrected chi connectivity index (χ0v) is 13.9. The van der Waals surface area contributed by atoms with Crippen LogP contribution in [0.5, 0.6) is 0 Å². The molecule has 2 rings (SSSR count). The van der Waals surface area contributed by atoms with Crippen LogP contribution in [-0.4, -0.2) is 19.0 Å². The minimum atomic E-state index is 0. The average molecular weight is 317 g/mol. The molecule has 0 saturated carbocycles. The van der Waals surface area contributed by atoms with E-state index in [9.17, 15) is 4.79 Å². The molecular weight excluding hydrogens is 292 g/mol. The van der Waals surface area contributed by atoms with Crippen LogP contribution in [0.4, 0.5) is 0 Å². The molecule has 5 heteroatoms. The summed E-state index contributed by atoms with van der Waals surface area (Å²) in [6.45, 7) is 6.45. The molecule has 0 bridgehead atoms. The lowest BCUT2D eigenvalue weighted by molar-refractivity contribution is -0.123. The van der Waals surface area contributed by atoms with E-state index in [1.807, 2.05) is 11.4 Å². The molecule has 1 saturated heterocycles. The fraction of sp³-hybridized carbons (Fsp3) is 0.667. The topological polar surface area (TPSA) is 41.1 Å². The van der Waals surface area contributed by atoms with Crippen molar-refractivity contribution in [3.63, 3.8) is 0 Å². The molecule has 3 atom stereocenters. The Balaban J connectivity index is 0.00000200. The molecule has 1 amide bonds. The first-order valence-corrected chi connectivity index (χ1v) is 8.08. The number of carbonyl (C=O) groups is 1. The van der Waals surface area contributed by atoms with Gasteiger partial charge in [-0.15, -0.1) is 23.7 Å². The molecule has 0 aromatic carbocycles. The maximum Gasteiger partial charge on any atom is 0.220 e. The minimum absolute atomic E-state index is 0. The van der Waals surface area contributed by atoms with E-state index in [2.05, 4.69) is 30.5 Å². The quantitative estimate of drug-likeness (QED) is 0.874. The SMILES string of the molecule is CC(NC(=O)CC(C)C1CCCNC1)c1cccs1.Cl. The summed E-state index contributed by atoms with van der Waals surface area (Å²) in [5.41, 5.74) is 0. The highest BCUT2D eigenvalue weighted by atomic mass is 35.5. The van der Waals surface area contributed by atoms with Crippen LogP contribution in [-0.2, 0) is 4.79 Å². The standard InChI is InChI=1S/C15H24N2OS.ClH/c1-11(13-5-3-7-16-10-13)9-15(18)17-12(2)14-6-4-8-19-14;/h4,6,8,11-13,16H,3,5,7,9-10H2,1-2H3,(H,17,18);1H. The molecule has 1 aliphatic heterocycles. The van der Waals surface area contributed by atoms with Gasteiger partial charge in [-0.1, -0.05) is 13.0 Å². The van der Waals surface area contributed by atoms with Gasteiger partial charge in [0.05, 0.1) is 6.04 Å². The third-order valence-electron chi connectivity index (χ3n) is 3.99. The number of thiophene rings is 1. The van der Waals surface area contributed by atoms with Crippen molar-refractivity contribution in [2.24, 2.45) is 11.8 Å². The summed E-state index contributed by atoms with van der Waals surface area (Å²) >= 11 is 1.70. The van der Waals surface area contributed by atoms with Crippen LogP contribution in [0.15, 0.2) is 17.5 Å². The summed E-state index contributed by atoms with van der Waals surface area (Å²) in [5.74, 6) is 1.29. The number of amides is 1. The summed E-state index contributed by atoms with van der Waals surface area (Å²) in [6, 6.07) is 4.23. The highest BCUT2D eigenvalue weighted by Crippen LogP contribution is 2.23. The Hall–Kier alpha value is -0.580. The summed E-state index contributed by atoms with van der Waals surface area (Å²) in [6.07, 6.45) is 3.13. The van der Waals surface area contributed by atoms with Crippen LogP contribution in [0.3, 0.4) is 0 Å². The van der Waals surface area contributed by atoms with Crippen molar-refractivity contribution in [3.8, 4) is 0 Å². The third-order valence-corrected chi connectivity index (χ3v) is 5.05. The van der Waals surface area contributed by atoms with Crippen molar-refractivity contribution in [1.82, 2.24) is 10.6 Å². The molecule has 1 aromatic heterocycles. The van der Waals surface area contributed by atoms with Crippen molar-refractivity contribution in [2.45, 2.75) is 39.2 Å². The second kappa shape index (κ2) is 8.65. The van der Waals surface area contributed by atoms with Crippen LogP contribution in [0.2, 0.25) is 0 Å². The number of carbonyl (C=O) groups excluding carboxylic acids is 1. The molecule has 3 nitrogen and oxygen atoms in total. The van der Waals surface area contributed by atoms with Gasteiger partial charge in [0.15, 0.2) is 0 Å². The highest BCUT2D eigenvalue weighted by molar-refractivity contribution is 7.10. The maximum absolute atomic E-state index is 12.1. The Morgan fingerprint density at radius 2 is 2.35 bits per heavy atom. The average Bonchev–Trinajstić information content (AvgIpc) is 2.93. The molecule has 3 unspecified atom stereocenters. The lowest BCUT2D eigenvalue weighted by Gasteiger charge is -2.28. The Labute approximate surface area is 131 Å². The van der Waals surface area contributed by atoms with Gasteiger partial charge in [-0.2, -0.15) is 0 Å². The monoisotopic (exact) mass is 316 g/mol. The first-order valence-electron chi connectivity index (χ1n) is 7.20. The minimum Gasteiger partial charge on any atom is -0.349 e. The van der Waals surface area contributed by atoms with Gasteiger partial charge in [0.25, 0.3) is 0 Å².